The molecule has 0 N–H and O–H groups in total. The molecule has 0 fully saturated rings. The van der Waals surface area contributed by atoms with E-state index in [-0.39, 0.29) is 17.1 Å². The molecule has 28 heavy (non-hydrogen) atoms. The second-order valence-corrected chi connectivity index (χ2v) is 6.44. The molecule has 0 bridgehead atoms. The van der Waals surface area contributed by atoms with E-state index in [9.17, 15) is 19.7 Å². The van der Waals surface area contributed by atoms with Crippen LogP contribution in [0.5, 0.6) is 11.5 Å². The highest BCUT2D eigenvalue weighted by atomic mass is 35.5. The third-order valence-electron chi connectivity index (χ3n) is 4.04. The van der Waals surface area contributed by atoms with Crippen LogP contribution in [-0.4, -0.2) is 30.0 Å². The van der Waals surface area contributed by atoms with E-state index in [4.69, 9.17) is 16.3 Å². The summed E-state index contributed by atoms with van der Waals surface area (Å²) in [6.45, 7) is 4.43. The van der Waals surface area contributed by atoms with Crippen LogP contribution in [-0.2, 0) is 14.3 Å². The van der Waals surface area contributed by atoms with Crippen LogP contribution >= 0.6 is 11.6 Å². The predicted molar refractivity (Wildman–Crippen MR) is 104 cm³/mol. The molecule has 1 unspecified atom stereocenters. The summed E-state index contributed by atoms with van der Waals surface area (Å²) in [5.74, 6) is -0.501. The van der Waals surface area contributed by atoms with Gasteiger partial charge in [0, 0.05) is 24.1 Å². The fourth-order valence-corrected chi connectivity index (χ4v) is 2.92. The molecule has 2 aromatic carbocycles. The van der Waals surface area contributed by atoms with Crippen molar-refractivity contribution in [1.29, 1.82) is 0 Å². The van der Waals surface area contributed by atoms with Crippen molar-refractivity contribution in [2.75, 3.05) is 12.0 Å². The minimum Gasteiger partial charge on any atom is -0.467 e. The first-order valence-corrected chi connectivity index (χ1v) is 8.63. The predicted octanol–water partition coefficient (Wildman–Crippen LogP) is 4.26. The monoisotopic (exact) mass is 406 g/mol. The number of esters is 1. The number of rotatable bonds is 6. The van der Waals surface area contributed by atoms with Gasteiger partial charge in [-0.15, -0.1) is 0 Å². The van der Waals surface area contributed by atoms with E-state index < -0.39 is 22.8 Å². The summed E-state index contributed by atoms with van der Waals surface area (Å²) in [5, 5.41) is 12.0. The fraction of sp³-hybridized carbons (Fsp3) is 0.263. The molecule has 0 aromatic heterocycles. The van der Waals surface area contributed by atoms with Gasteiger partial charge in [0.2, 0.25) is 5.91 Å². The normalized spacial score (nSPS) is 11.5. The summed E-state index contributed by atoms with van der Waals surface area (Å²) in [4.78, 5) is 36.0. The standard InChI is InChI=1S/C19H19ClN2O6/c1-11-9-14(20)5-8-18(11)28-15-6-7-16(22(25)26)17(10-15)21(13(3)23)12(2)19(24)27-4/h5-10,12H,1-4H3. The molecule has 0 saturated heterocycles. The van der Waals surface area contributed by atoms with Crippen molar-refractivity contribution in [1.82, 2.24) is 0 Å². The third-order valence-corrected chi connectivity index (χ3v) is 4.27. The van der Waals surface area contributed by atoms with E-state index in [1.165, 1.54) is 39.2 Å². The Morgan fingerprint density at radius 3 is 2.43 bits per heavy atom. The zero-order chi connectivity index (χ0) is 21.0. The highest BCUT2D eigenvalue weighted by Gasteiger charge is 2.31. The number of ether oxygens (including phenoxy) is 2. The fourth-order valence-electron chi connectivity index (χ4n) is 2.70. The number of carbonyl (C=O) groups excluding carboxylic acids is 2. The number of halogens is 1. The van der Waals surface area contributed by atoms with E-state index in [0.29, 0.717) is 10.8 Å². The van der Waals surface area contributed by atoms with Crippen molar-refractivity contribution >= 4 is 34.9 Å². The van der Waals surface area contributed by atoms with Crippen LogP contribution in [0.2, 0.25) is 5.02 Å². The summed E-state index contributed by atoms with van der Waals surface area (Å²) >= 11 is 5.94. The first kappa shape index (κ1) is 21.2. The second kappa shape index (κ2) is 8.71. The van der Waals surface area contributed by atoms with Crippen LogP contribution in [0.15, 0.2) is 36.4 Å². The summed E-state index contributed by atoms with van der Waals surface area (Å²) in [6, 6.07) is 7.94. The number of nitrogens with zero attached hydrogens (tertiary/aromatic N) is 2. The Balaban J connectivity index is 2.54. The number of amides is 1. The van der Waals surface area contributed by atoms with Gasteiger partial charge in [-0.3, -0.25) is 19.8 Å². The zero-order valence-electron chi connectivity index (χ0n) is 15.8. The molecule has 0 aliphatic carbocycles. The molecule has 8 nitrogen and oxygen atoms in total. The number of anilines is 1. The Morgan fingerprint density at radius 2 is 1.89 bits per heavy atom. The van der Waals surface area contributed by atoms with Gasteiger partial charge < -0.3 is 9.47 Å². The van der Waals surface area contributed by atoms with Crippen molar-refractivity contribution in [3.05, 3.63) is 57.1 Å². The molecule has 0 radical (unpaired) electrons. The average molecular weight is 407 g/mol. The first-order valence-electron chi connectivity index (χ1n) is 8.25. The molecule has 1 atom stereocenters. The molecule has 2 aromatic rings. The molecule has 9 heteroatoms. The Hall–Kier alpha value is -3.13. The lowest BCUT2D eigenvalue weighted by molar-refractivity contribution is -0.384. The number of carbonyl (C=O) groups is 2. The molecule has 1 amide bonds. The van der Waals surface area contributed by atoms with E-state index in [1.54, 1.807) is 25.1 Å². The molecule has 148 valence electrons. The van der Waals surface area contributed by atoms with Crippen LogP contribution in [0.1, 0.15) is 19.4 Å². The van der Waals surface area contributed by atoms with Crippen LogP contribution in [0.3, 0.4) is 0 Å². The van der Waals surface area contributed by atoms with E-state index in [2.05, 4.69) is 4.74 Å². The average Bonchev–Trinajstić information content (AvgIpc) is 2.63. The summed E-state index contributed by atoms with van der Waals surface area (Å²) < 4.78 is 10.5. The van der Waals surface area contributed by atoms with Crippen molar-refractivity contribution in [2.24, 2.45) is 0 Å². The van der Waals surface area contributed by atoms with Gasteiger partial charge in [0.1, 0.15) is 23.2 Å². The van der Waals surface area contributed by atoms with Gasteiger partial charge in [0.15, 0.2) is 0 Å². The number of hydrogen-bond donors (Lipinski definition) is 0. The first-order chi connectivity index (χ1) is 13.1. The topological polar surface area (TPSA) is 99.0 Å². The summed E-state index contributed by atoms with van der Waals surface area (Å²) in [5.41, 5.74) is 0.351. The zero-order valence-corrected chi connectivity index (χ0v) is 16.5. The minimum atomic E-state index is -1.06. The SMILES string of the molecule is COC(=O)C(C)N(C(C)=O)c1cc(Oc2ccc(Cl)cc2C)ccc1[N+](=O)[O-]. The lowest BCUT2D eigenvalue weighted by Crippen LogP contribution is -2.43. The molecule has 0 aliphatic heterocycles. The third kappa shape index (κ3) is 4.58. The summed E-state index contributed by atoms with van der Waals surface area (Å²) in [7, 11) is 1.18. The smallest absolute Gasteiger partial charge is 0.328 e. The highest BCUT2D eigenvalue weighted by molar-refractivity contribution is 6.30. The molecule has 0 spiro atoms. The minimum absolute atomic E-state index is 0.0699. The number of hydrogen-bond acceptors (Lipinski definition) is 6. The second-order valence-electron chi connectivity index (χ2n) is 6.01. The van der Waals surface area contributed by atoms with E-state index in [0.717, 1.165) is 10.5 Å². The van der Waals surface area contributed by atoms with Crippen LogP contribution in [0.25, 0.3) is 0 Å². The van der Waals surface area contributed by atoms with Crippen LogP contribution in [0, 0.1) is 17.0 Å². The van der Waals surface area contributed by atoms with E-state index in [1.807, 2.05) is 0 Å². The number of methoxy groups -OCH3 is 1. The molecule has 2 rings (SSSR count). The number of nitro groups is 1. The maximum Gasteiger partial charge on any atom is 0.328 e. The number of nitro benzene ring substituents is 1. The van der Waals surface area contributed by atoms with Gasteiger partial charge in [-0.05, 0) is 43.7 Å². The van der Waals surface area contributed by atoms with Gasteiger partial charge >= 0.3 is 5.97 Å². The van der Waals surface area contributed by atoms with E-state index >= 15 is 0 Å². The maximum atomic E-state index is 12.2. The summed E-state index contributed by atoms with van der Waals surface area (Å²) in [6.07, 6.45) is 0. The lowest BCUT2D eigenvalue weighted by atomic mass is 10.1. The van der Waals surface area contributed by atoms with Gasteiger partial charge in [-0.2, -0.15) is 0 Å². The molecule has 0 aliphatic rings. The van der Waals surface area contributed by atoms with Gasteiger partial charge in [-0.1, -0.05) is 11.6 Å². The molecular weight excluding hydrogens is 388 g/mol. The van der Waals surface area contributed by atoms with Crippen LogP contribution < -0.4 is 9.64 Å². The Kier molecular flexibility index (Phi) is 6.58. The lowest BCUT2D eigenvalue weighted by Gasteiger charge is -2.26. The van der Waals surface area contributed by atoms with Crippen molar-refractivity contribution < 1.29 is 24.0 Å². The Morgan fingerprint density at radius 1 is 1.21 bits per heavy atom. The largest absolute Gasteiger partial charge is 0.467 e. The Bertz CT molecular complexity index is 931. The molecular formula is C19H19ClN2O6. The van der Waals surface area contributed by atoms with Gasteiger partial charge in [-0.25, -0.2) is 4.79 Å². The number of benzene rings is 2. The van der Waals surface area contributed by atoms with Crippen molar-refractivity contribution in [3.8, 4) is 11.5 Å². The van der Waals surface area contributed by atoms with Gasteiger partial charge in [0.05, 0.1) is 12.0 Å². The molecule has 0 heterocycles. The van der Waals surface area contributed by atoms with Crippen LogP contribution in [0.4, 0.5) is 11.4 Å². The highest BCUT2D eigenvalue weighted by Crippen LogP contribution is 2.36. The molecule has 0 saturated carbocycles. The van der Waals surface area contributed by atoms with Gasteiger partial charge in [0.25, 0.3) is 5.69 Å². The van der Waals surface area contributed by atoms with Crippen molar-refractivity contribution in [2.45, 2.75) is 26.8 Å². The van der Waals surface area contributed by atoms with Crippen molar-refractivity contribution in [3.63, 3.8) is 0 Å². The Labute approximate surface area is 166 Å². The maximum absolute atomic E-state index is 12.2. The number of aryl methyl sites for hydroxylation is 1. The quantitative estimate of drug-likeness (QED) is 0.403.